The highest BCUT2D eigenvalue weighted by molar-refractivity contribution is 5.99. The Labute approximate surface area is 173 Å². The predicted molar refractivity (Wildman–Crippen MR) is 111 cm³/mol. The summed E-state index contributed by atoms with van der Waals surface area (Å²) in [5, 5.41) is 10.9. The highest BCUT2D eigenvalue weighted by Gasteiger charge is 2.56. The summed E-state index contributed by atoms with van der Waals surface area (Å²) in [7, 11) is 0. The molecule has 2 fully saturated rings. The van der Waals surface area contributed by atoms with Gasteiger partial charge in [-0.25, -0.2) is 0 Å². The standard InChI is InChI=1S/C25H32O4/c1-24(2)11-16(26)21(17(27)12-24)23-19(10-15-8-6-5-7-9-15)29-20-14-25(3,4)13-18(28)22(20)23/h5-9,19-20,22-23,26H,10-14H2,1-4H3/t19-,20-,22-,23-/m0/s1. The van der Waals surface area contributed by atoms with Crippen LogP contribution in [0.2, 0.25) is 0 Å². The summed E-state index contributed by atoms with van der Waals surface area (Å²) >= 11 is 0. The van der Waals surface area contributed by atoms with E-state index in [9.17, 15) is 14.7 Å². The number of hydrogen-bond acceptors (Lipinski definition) is 4. The summed E-state index contributed by atoms with van der Waals surface area (Å²) in [5.41, 5.74) is 1.23. The summed E-state index contributed by atoms with van der Waals surface area (Å²) < 4.78 is 6.47. The van der Waals surface area contributed by atoms with Crippen molar-refractivity contribution in [3.8, 4) is 0 Å². The number of ether oxygens (including phenoxy) is 1. The molecule has 1 saturated heterocycles. The Balaban J connectivity index is 1.74. The number of carbonyl (C=O) groups is 2. The molecule has 1 heterocycles. The Bertz CT molecular complexity index is 849. The Morgan fingerprint density at radius 2 is 1.66 bits per heavy atom. The van der Waals surface area contributed by atoms with E-state index >= 15 is 0 Å². The van der Waals surface area contributed by atoms with Crippen LogP contribution in [0.3, 0.4) is 0 Å². The molecule has 4 rings (SSSR count). The number of benzene rings is 1. The summed E-state index contributed by atoms with van der Waals surface area (Å²) in [6.07, 6.45) is 2.36. The van der Waals surface area contributed by atoms with Crippen molar-refractivity contribution in [1.82, 2.24) is 0 Å². The van der Waals surface area contributed by atoms with Gasteiger partial charge in [0.1, 0.15) is 5.78 Å². The van der Waals surface area contributed by atoms with E-state index in [0.717, 1.165) is 12.0 Å². The zero-order valence-electron chi connectivity index (χ0n) is 17.9. The lowest BCUT2D eigenvalue weighted by Gasteiger charge is -2.38. The predicted octanol–water partition coefficient (Wildman–Crippen LogP) is 4.82. The molecule has 0 unspecified atom stereocenters. The normalized spacial score (nSPS) is 33.7. The number of aliphatic hydroxyl groups excluding tert-OH is 1. The lowest BCUT2D eigenvalue weighted by molar-refractivity contribution is -0.132. The first-order valence-corrected chi connectivity index (χ1v) is 10.7. The zero-order valence-corrected chi connectivity index (χ0v) is 17.9. The summed E-state index contributed by atoms with van der Waals surface area (Å²) in [5.74, 6) is -0.379. The third-order valence-electron chi connectivity index (χ3n) is 6.83. The van der Waals surface area contributed by atoms with Crippen LogP contribution in [0.15, 0.2) is 41.7 Å². The third-order valence-corrected chi connectivity index (χ3v) is 6.83. The monoisotopic (exact) mass is 396 g/mol. The van der Waals surface area contributed by atoms with E-state index in [-0.39, 0.29) is 52.2 Å². The maximum atomic E-state index is 13.2. The number of rotatable bonds is 3. The molecule has 156 valence electrons. The first-order valence-electron chi connectivity index (χ1n) is 10.7. The molecule has 0 bridgehead atoms. The Morgan fingerprint density at radius 1 is 0.966 bits per heavy atom. The number of aliphatic hydroxyl groups is 1. The number of fused-ring (bicyclic) bond motifs is 1. The molecule has 3 aliphatic rings. The van der Waals surface area contributed by atoms with Crippen LogP contribution in [-0.4, -0.2) is 28.9 Å². The molecular weight excluding hydrogens is 364 g/mol. The molecule has 0 radical (unpaired) electrons. The number of carbonyl (C=O) groups excluding carboxylic acids is 2. The maximum Gasteiger partial charge on any atom is 0.163 e. The first kappa shape index (κ1) is 20.3. The third kappa shape index (κ3) is 3.92. The fourth-order valence-electron chi connectivity index (χ4n) is 5.71. The van der Waals surface area contributed by atoms with Crippen LogP contribution in [0, 0.1) is 22.7 Å². The van der Waals surface area contributed by atoms with Crippen LogP contribution in [-0.2, 0) is 20.7 Å². The van der Waals surface area contributed by atoms with Crippen molar-refractivity contribution in [3.63, 3.8) is 0 Å². The van der Waals surface area contributed by atoms with Crippen LogP contribution in [0.4, 0.5) is 0 Å². The molecule has 4 nitrogen and oxygen atoms in total. The van der Waals surface area contributed by atoms with Crippen molar-refractivity contribution in [2.75, 3.05) is 0 Å². The van der Waals surface area contributed by atoms with E-state index in [1.807, 2.05) is 44.2 Å². The van der Waals surface area contributed by atoms with E-state index < -0.39 is 0 Å². The molecule has 0 amide bonds. The van der Waals surface area contributed by atoms with Crippen molar-refractivity contribution in [1.29, 1.82) is 0 Å². The summed E-state index contributed by atoms with van der Waals surface area (Å²) in [6, 6.07) is 10.1. The number of Topliss-reactive ketones (excluding diaryl/α,β-unsaturated/α-hetero) is 2. The summed E-state index contributed by atoms with van der Waals surface area (Å²) in [6.45, 7) is 8.22. The number of hydrogen-bond donors (Lipinski definition) is 1. The molecule has 0 aromatic heterocycles. The van der Waals surface area contributed by atoms with Gasteiger partial charge in [-0.05, 0) is 29.2 Å². The molecule has 1 aliphatic heterocycles. The average Bonchev–Trinajstić information content (AvgIpc) is 2.90. The lowest BCUT2D eigenvalue weighted by Crippen LogP contribution is -2.43. The van der Waals surface area contributed by atoms with Crippen LogP contribution in [0.5, 0.6) is 0 Å². The van der Waals surface area contributed by atoms with E-state index in [1.54, 1.807) is 0 Å². The molecule has 1 saturated carbocycles. The van der Waals surface area contributed by atoms with Gasteiger partial charge in [-0.3, -0.25) is 9.59 Å². The minimum absolute atomic E-state index is 0.0244. The molecule has 29 heavy (non-hydrogen) atoms. The van der Waals surface area contributed by atoms with E-state index in [0.29, 0.717) is 31.3 Å². The minimum atomic E-state index is -0.354. The van der Waals surface area contributed by atoms with Crippen molar-refractivity contribution < 1.29 is 19.4 Å². The van der Waals surface area contributed by atoms with Gasteiger partial charge in [-0.15, -0.1) is 0 Å². The molecular formula is C25H32O4. The van der Waals surface area contributed by atoms with Crippen LogP contribution >= 0.6 is 0 Å². The van der Waals surface area contributed by atoms with Gasteiger partial charge >= 0.3 is 0 Å². The van der Waals surface area contributed by atoms with Crippen molar-refractivity contribution in [2.24, 2.45) is 22.7 Å². The molecule has 0 spiro atoms. The minimum Gasteiger partial charge on any atom is -0.512 e. The maximum absolute atomic E-state index is 13.2. The van der Waals surface area contributed by atoms with Gasteiger partial charge in [-0.2, -0.15) is 0 Å². The molecule has 4 atom stereocenters. The van der Waals surface area contributed by atoms with Gasteiger partial charge in [0.2, 0.25) is 0 Å². The second-order valence-electron chi connectivity index (χ2n) is 10.8. The Morgan fingerprint density at radius 3 is 2.31 bits per heavy atom. The highest BCUT2D eigenvalue weighted by atomic mass is 16.5. The topological polar surface area (TPSA) is 63.6 Å². The fourth-order valence-corrected chi connectivity index (χ4v) is 5.71. The van der Waals surface area contributed by atoms with Gasteiger partial charge in [0.05, 0.1) is 23.9 Å². The Kier molecular flexibility index (Phi) is 4.97. The van der Waals surface area contributed by atoms with Crippen molar-refractivity contribution in [2.45, 2.75) is 72.0 Å². The first-order chi connectivity index (χ1) is 13.6. The van der Waals surface area contributed by atoms with E-state index in [2.05, 4.69) is 13.8 Å². The molecule has 1 aromatic carbocycles. The fraction of sp³-hybridized carbons (Fsp3) is 0.600. The van der Waals surface area contributed by atoms with Gasteiger partial charge < -0.3 is 9.84 Å². The molecule has 2 aliphatic carbocycles. The van der Waals surface area contributed by atoms with Gasteiger partial charge in [0.15, 0.2) is 5.78 Å². The smallest absolute Gasteiger partial charge is 0.163 e. The van der Waals surface area contributed by atoms with E-state index in [4.69, 9.17) is 4.74 Å². The largest absolute Gasteiger partial charge is 0.512 e. The lowest BCUT2D eigenvalue weighted by atomic mass is 9.63. The average molecular weight is 397 g/mol. The number of allylic oxidation sites excluding steroid dienone is 1. The second-order valence-corrected chi connectivity index (χ2v) is 10.8. The molecule has 1 N–H and O–H groups in total. The van der Waals surface area contributed by atoms with Gasteiger partial charge in [-0.1, -0.05) is 58.0 Å². The quantitative estimate of drug-likeness (QED) is 0.796. The number of ketones is 2. The van der Waals surface area contributed by atoms with E-state index in [1.165, 1.54) is 0 Å². The van der Waals surface area contributed by atoms with Crippen LogP contribution < -0.4 is 0 Å². The van der Waals surface area contributed by atoms with Crippen LogP contribution in [0.25, 0.3) is 0 Å². The van der Waals surface area contributed by atoms with Crippen LogP contribution in [0.1, 0.15) is 58.9 Å². The SMILES string of the molecule is CC1(C)CC(=O)C([C@H]2[C@H]3C(=O)CC(C)(C)C[C@@H]3O[C@H]2Cc2ccccc2)=C(O)C1. The molecule has 1 aromatic rings. The zero-order chi connectivity index (χ0) is 21.0. The van der Waals surface area contributed by atoms with Gasteiger partial charge in [0.25, 0.3) is 0 Å². The summed E-state index contributed by atoms with van der Waals surface area (Å²) in [4.78, 5) is 26.3. The molecule has 4 heteroatoms. The Hall–Kier alpha value is -1.94. The van der Waals surface area contributed by atoms with Crippen molar-refractivity contribution >= 4 is 11.6 Å². The highest BCUT2D eigenvalue weighted by Crippen LogP contribution is 2.51. The van der Waals surface area contributed by atoms with Crippen molar-refractivity contribution in [3.05, 3.63) is 47.2 Å². The van der Waals surface area contributed by atoms with Gasteiger partial charge in [0, 0.05) is 30.8 Å². The second kappa shape index (κ2) is 7.09.